The smallest absolute Gasteiger partial charge is 0.317 e. The van der Waals surface area contributed by atoms with Crippen molar-refractivity contribution in [2.75, 3.05) is 52.4 Å². The van der Waals surface area contributed by atoms with Crippen LogP contribution in [0.2, 0.25) is 0 Å². The van der Waals surface area contributed by atoms with Crippen LogP contribution in [0.15, 0.2) is 0 Å². The van der Waals surface area contributed by atoms with Gasteiger partial charge in [0.25, 0.3) is 0 Å². The third-order valence-electron chi connectivity index (χ3n) is 6.16. The van der Waals surface area contributed by atoms with Crippen LogP contribution in [0, 0.1) is 0 Å². The van der Waals surface area contributed by atoms with E-state index in [1.165, 1.54) is 64.2 Å². The summed E-state index contributed by atoms with van der Waals surface area (Å²) in [6.45, 7) is 8.90. The van der Waals surface area contributed by atoms with Gasteiger partial charge in [-0.05, 0) is 12.8 Å². The summed E-state index contributed by atoms with van der Waals surface area (Å²) in [5.41, 5.74) is 0. The van der Waals surface area contributed by atoms with Crippen LogP contribution >= 0.6 is 0 Å². The molecular weight excluding hydrogens is 382 g/mol. The van der Waals surface area contributed by atoms with Gasteiger partial charge in [0.05, 0.1) is 13.1 Å². The Balaban J connectivity index is 2.81. The standard InChI is InChI=1S/C23H45N3O4/c1-3-5-7-9-11-21(12-10-8-6-4-2)26-17-15-24(19-22(27)28)13-14-25(16-18-26)20-23(29)30/h21H,3-20H2,1-2H3,(H,27,28)(H,29,30). The highest BCUT2D eigenvalue weighted by Gasteiger charge is 2.23. The van der Waals surface area contributed by atoms with Gasteiger partial charge >= 0.3 is 11.9 Å². The Morgan fingerprint density at radius 2 is 1.07 bits per heavy atom. The monoisotopic (exact) mass is 427 g/mol. The van der Waals surface area contributed by atoms with Crippen LogP contribution in [0.3, 0.4) is 0 Å². The van der Waals surface area contributed by atoms with E-state index in [4.69, 9.17) is 0 Å². The molecule has 1 heterocycles. The highest BCUT2D eigenvalue weighted by molar-refractivity contribution is 5.69. The van der Waals surface area contributed by atoms with Crippen molar-refractivity contribution in [1.82, 2.24) is 14.7 Å². The molecule has 0 aromatic carbocycles. The molecule has 0 aliphatic carbocycles. The Hall–Kier alpha value is -1.18. The Labute approximate surface area is 183 Å². The number of nitrogens with zero attached hydrogens (tertiary/aromatic N) is 3. The van der Waals surface area contributed by atoms with Crippen molar-refractivity contribution >= 4 is 11.9 Å². The Morgan fingerprint density at radius 3 is 1.43 bits per heavy atom. The maximum atomic E-state index is 11.3. The SMILES string of the molecule is CCCCCCC(CCCCCC)N1CCN(CC(=O)O)CCN(CC(=O)O)CC1. The quantitative estimate of drug-likeness (QED) is 0.388. The predicted octanol–water partition coefficient (Wildman–Crippen LogP) is 3.38. The fraction of sp³-hybridized carbons (Fsp3) is 0.913. The molecule has 1 aliphatic rings. The van der Waals surface area contributed by atoms with Crippen LogP contribution in [-0.4, -0.2) is 95.3 Å². The van der Waals surface area contributed by atoms with Crippen LogP contribution in [0.4, 0.5) is 0 Å². The molecule has 0 amide bonds. The van der Waals surface area contributed by atoms with E-state index in [1.807, 2.05) is 9.80 Å². The maximum absolute atomic E-state index is 11.3. The summed E-state index contributed by atoms with van der Waals surface area (Å²) in [5, 5.41) is 18.5. The number of hydrogen-bond donors (Lipinski definition) is 2. The number of rotatable bonds is 15. The van der Waals surface area contributed by atoms with Crippen molar-refractivity contribution in [2.24, 2.45) is 0 Å². The second-order valence-electron chi connectivity index (χ2n) is 8.73. The lowest BCUT2D eigenvalue weighted by Crippen LogP contribution is -2.43. The zero-order valence-electron chi connectivity index (χ0n) is 19.4. The molecule has 0 aromatic heterocycles. The number of carbonyl (C=O) groups is 2. The highest BCUT2D eigenvalue weighted by atomic mass is 16.4. The molecule has 0 bridgehead atoms. The summed E-state index contributed by atoms with van der Waals surface area (Å²) in [6, 6.07) is 0.509. The lowest BCUT2D eigenvalue weighted by molar-refractivity contribution is -0.140. The van der Waals surface area contributed by atoms with Crippen molar-refractivity contribution in [2.45, 2.75) is 84.1 Å². The van der Waals surface area contributed by atoms with Gasteiger partial charge in [-0.15, -0.1) is 0 Å². The first-order valence-corrected chi connectivity index (χ1v) is 12.1. The molecule has 0 saturated carbocycles. The summed E-state index contributed by atoms with van der Waals surface area (Å²) in [7, 11) is 0. The molecule has 0 radical (unpaired) electrons. The number of carboxylic acid groups (broad SMARTS) is 2. The molecular formula is C23H45N3O4. The molecule has 176 valence electrons. The molecule has 7 nitrogen and oxygen atoms in total. The number of hydrogen-bond acceptors (Lipinski definition) is 5. The molecule has 1 rings (SSSR count). The van der Waals surface area contributed by atoms with Crippen LogP contribution in [-0.2, 0) is 9.59 Å². The van der Waals surface area contributed by atoms with Gasteiger partial charge in [0, 0.05) is 45.3 Å². The van der Waals surface area contributed by atoms with Gasteiger partial charge in [0.15, 0.2) is 0 Å². The third-order valence-corrected chi connectivity index (χ3v) is 6.16. The molecule has 30 heavy (non-hydrogen) atoms. The van der Waals surface area contributed by atoms with Gasteiger partial charge in [0.1, 0.15) is 0 Å². The summed E-state index contributed by atoms with van der Waals surface area (Å²) >= 11 is 0. The molecule has 0 aromatic rings. The van der Waals surface area contributed by atoms with E-state index in [-0.39, 0.29) is 13.1 Å². The van der Waals surface area contributed by atoms with Crippen LogP contribution in [0.5, 0.6) is 0 Å². The molecule has 1 saturated heterocycles. The largest absolute Gasteiger partial charge is 0.480 e. The van der Waals surface area contributed by atoms with Gasteiger partial charge in [-0.3, -0.25) is 24.3 Å². The van der Waals surface area contributed by atoms with E-state index in [2.05, 4.69) is 18.7 Å². The van der Waals surface area contributed by atoms with E-state index in [0.717, 1.165) is 26.2 Å². The minimum absolute atomic E-state index is 0.0203. The molecule has 2 N–H and O–H groups in total. The average Bonchev–Trinajstić information content (AvgIpc) is 2.78. The van der Waals surface area contributed by atoms with E-state index in [9.17, 15) is 19.8 Å². The number of aliphatic carboxylic acids is 2. The average molecular weight is 428 g/mol. The van der Waals surface area contributed by atoms with Gasteiger partial charge in [-0.25, -0.2) is 0 Å². The number of unbranched alkanes of at least 4 members (excludes halogenated alkanes) is 6. The van der Waals surface area contributed by atoms with E-state index in [0.29, 0.717) is 19.1 Å². The van der Waals surface area contributed by atoms with Gasteiger partial charge in [0.2, 0.25) is 0 Å². The van der Waals surface area contributed by atoms with Crippen LogP contribution < -0.4 is 0 Å². The van der Waals surface area contributed by atoms with Gasteiger partial charge < -0.3 is 10.2 Å². The lowest BCUT2D eigenvalue weighted by Gasteiger charge is -2.33. The van der Waals surface area contributed by atoms with Crippen LogP contribution in [0.25, 0.3) is 0 Å². The zero-order chi connectivity index (χ0) is 22.2. The minimum atomic E-state index is -0.818. The highest BCUT2D eigenvalue weighted by Crippen LogP contribution is 2.19. The van der Waals surface area contributed by atoms with Crippen LogP contribution in [0.1, 0.15) is 78.1 Å². The van der Waals surface area contributed by atoms with Crippen molar-refractivity contribution < 1.29 is 19.8 Å². The Bertz CT molecular complexity index is 435. The lowest BCUT2D eigenvalue weighted by atomic mass is 9.99. The Morgan fingerprint density at radius 1 is 0.667 bits per heavy atom. The van der Waals surface area contributed by atoms with E-state index < -0.39 is 11.9 Å². The topological polar surface area (TPSA) is 84.3 Å². The zero-order valence-corrected chi connectivity index (χ0v) is 19.4. The molecule has 7 heteroatoms. The Kier molecular flexibility index (Phi) is 14.8. The molecule has 1 fully saturated rings. The summed E-state index contributed by atoms with van der Waals surface area (Å²) < 4.78 is 0. The fourth-order valence-corrected chi connectivity index (χ4v) is 4.34. The van der Waals surface area contributed by atoms with Crippen molar-refractivity contribution in [3.8, 4) is 0 Å². The first kappa shape index (κ1) is 26.9. The fourth-order valence-electron chi connectivity index (χ4n) is 4.34. The number of carboxylic acids is 2. The molecule has 1 aliphatic heterocycles. The summed E-state index contributed by atoms with van der Waals surface area (Å²) in [6.07, 6.45) is 12.4. The minimum Gasteiger partial charge on any atom is -0.480 e. The van der Waals surface area contributed by atoms with E-state index in [1.54, 1.807) is 0 Å². The summed E-state index contributed by atoms with van der Waals surface area (Å²) in [5.74, 6) is -1.64. The van der Waals surface area contributed by atoms with Crippen molar-refractivity contribution in [3.63, 3.8) is 0 Å². The van der Waals surface area contributed by atoms with Gasteiger partial charge in [-0.2, -0.15) is 0 Å². The second-order valence-corrected chi connectivity index (χ2v) is 8.73. The second kappa shape index (κ2) is 16.5. The van der Waals surface area contributed by atoms with E-state index >= 15 is 0 Å². The molecule has 0 spiro atoms. The maximum Gasteiger partial charge on any atom is 0.317 e. The van der Waals surface area contributed by atoms with Gasteiger partial charge in [-0.1, -0.05) is 65.2 Å². The first-order valence-electron chi connectivity index (χ1n) is 12.1. The third kappa shape index (κ3) is 12.5. The van der Waals surface area contributed by atoms with Crippen molar-refractivity contribution in [1.29, 1.82) is 0 Å². The summed E-state index contributed by atoms with van der Waals surface area (Å²) in [4.78, 5) is 29.0. The first-order chi connectivity index (χ1) is 14.5. The predicted molar refractivity (Wildman–Crippen MR) is 121 cm³/mol. The molecule has 0 atom stereocenters. The van der Waals surface area contributed by atoms with Crippen molar-refractivity contribution in [3.05, 3.63) is 0 Å². The molecule has 0 unspecified atom stereocenters. The normalized spacial score (nSPS) is 17.6.